The Hall–Kier alpha value is -3.49. The molecule has 1 atom stereocenters. The molecule has 3 aromatic rings. The number of nitrogens with zero attached hydrogens (tertiary/aromatic N) is 4. The van der Waals surface area contributed by atoms with Crippen LogP contribution in [0.3, 0.4) is 0 Å². The Balaban J connectivity index is 1.56. The minimum atomic E-state index is -0.678. The van der Waals surface area contributed by atoms with Gasteiger partial charge in [0, 0.05) is 32.4 Å². The van der Waals surface area contributed by atoms with Crippen LogP contribution < -0.4 is 0 Å². The average Bonchev–Trinajstić information content (AvgIpc) is 3.37. The maximum absolute atomic E-state index is 13.5. The normalized spacial score (nSPS) is 20.5. The number of benzene rings is 1. The quantitative estimate of drug-likeness (QED) is 0.302. The summed E-state index contributed by atoms with van der Waals surface area (Å²) < 4.78 is 7.20. The predicted octanol–water partition coefficient (Wildman–Crippen LogP) is 4.08. The maximum Gasteiger partial charge on any atom is 0.295 e. The smallest absolute Gasteiger partial charge is 0.295 e. The summed E-state index contributed by atoms with van der Waals surface area (Å²) in [6, 6.07) is 12.9. The van der Waals surface area contributed by atoms with Crippen LogP contribution in [-0.2, 0) is 19.7 Å². The van der Waals surface area contributed by atoms with Crippen molar-refractivity contribution >= 4 is 23.1 Å². The molecule has 38 heavy (non-hydrogen) atoms. The molecule has 1 amide bonds. The fraction of sp³-hybridized carbons (Fsp3) is 0.433. The van der Waals surface area contributed by atoms with Crippen LogP contribution in [0, 0.1) is 6.92 Å². The molecular weight excluding hydrogens is 480 g/mol. The minimum Gasteiger partial charge on any atom is -0.505 e. The molecule has 1 N–H and O–H groups in total. The van der Waals surface area contributed by atoms with Gasteiger partial charge in [0.15, 0.2) is 5.76 Å². The number of ketones is 1. The first-order chi connectivity index (χ1) is 18.2. The summed E-state index contributed by atoms with van der Waals surface area (Å²) in [5, 5.41) is 11.6. The molecule has 0 aliphatic carbocycles. The van der Waals surface area contributed by atoms with Gasteiger partial charge in [-0.15, -0.1) is 0 Å². The molecule has 0 radical (unpaired) electrons. The number of carbonyl (C=O) groups excluding carboxylic acids is 2. The van der Waals surface area contributed by atoms with Gasteiger partial charge < -0.3 is 14.7 Å². The van der Waals surface area contributed by atoms with E-state index in [1.54, 1.807) is 22.4 Å². The lowest BCUT2D eigenvalue weighted by molar-refractivity contribution is -0.140. The standard InChI is InChI=1S/C30H36N4O4/c1-20-25(33-14-6-5-8-23(33)31-20)27(35)24-26(21-9-11-22(12-10-21)30(2,3)4)34(29(37)28(24)36)15-7-13-32-16-18-38-19-17-32/h5-6,8-12,14,26,35H,7,13,15-19H2,1-4H3/b27-24+/t26-/m0/s1. The monoisotopic (exact) mass is 516 g/mol. The van der Waals surface area contributed by atoms with Crippen LogP contribution in [0.15, 0.2) is 54.2 Å². The number of amides is 1. The number of aryl methyl sites for hydroxylation is 1. The SMILES string of the molecule is Cc1nc2ccccn2c1/C(O)=C1\C(=O)C(=O)N(CCCN2CCOCC2)[C@H]1c1ccc(C(C)(C)C)cc1. The highest BCUT2D eigenvalue weighted by Gasteiger charge is 2.46. The van der Waals surface area contributed by atoms with Crippen LogP contribution >= 0.6 is 0 Å². The molecule has 5 rings (SSSR count). The van der Waals surface area contributed by atoms with E-state index in [1.807, 2.05) is 42.5 Å². The second kappa shape index (κ2) is 10.3. The molecule has 0 saturated carbocycles. The van der Waals surface area contributed by atoms with Crippen molar-refractivity contribution in [1.82, 2.24) is 19.2 Å². The van der Waals surface area contributed by atoms with Gasteiger partial charge in [-0.1, -0.05) is 51.1 Å². The van der Waals surface area contributed by atoms with Gasteiger partial charge in [0.1, 0.15) is 11.3 Å². The zero-order valence-corrected chi connectivity index (χ0v) is 22.6. The summed E-state index contributed by atoms with van der Waals surface area (Å²) in [5.41, 5.74) is 3.72. The number of imidazole rings is 1. The molecular formula is C30H36N4O4. The van der Waals surface area contributed by atoms with Crippen LogP contribution in [0.2, 0.25) is 0 Å². The third kappa shape index (κ3) is 4.86. The average molecular weight is 517 g/mol. The zero-order chi connectivity index (χ0) is 27.0. The number of carbonyl (C=O) groups is 2. The van der Waals surface area contributed by atoms with Gasteiger partial charge in [-0.05, 0) is 42.0 Å². The number of Topliss-reactive ketones (excluding diaryl/α,β-unsaturated/α-hetero) is 1. The summed E-state index contributed by atoms with van der Waals surface area (Å²) in [4.78, 5) is 35.4. The van der Waals surface area contributed by atoms with Crippen LogP contribution in [0.25, 0.3) is 11.4 Å². The summed E-state index contributed by atoms with van der Waals surface area (Å²) in [6.45, 7) is 12.6. The Bertz CT molecular complexity index is 1380. The largest absolute Gasteiger partial charge is 0.505 e. The molecule has 8 heteroatoms. The van der Waals surface area contributed by atoms with E-state index in [4.69, 9.17) is 4.74 Å². The Labute approximate surface area is 223 Å². The summed E-state index contributed by atoms with van der Waals surface area (Å²) in [5.74, 6) is -1.44. The highest BCUT2D eigenvalue weighted by molar-refractivity contribution is 6.46. The van der Waals surface area contributed by atoms with Gasteiger partial charge in [0.25, 0.3) is 11.7 Å². The number of aliphatic hydroxyl groups excluding tert-OH is 1. The number of morpholine rings is 1. The number of fused-ring (bicyclic) bond motifs is 1. The molecule has 8 nitrogen and oxygen atoms in total. The third-order valence-corrected chi connectivity index (χ3v) is 7.54. The third-order valence-electron chi connectivity index (χ3n) is 7.54. The lowest BCUT2D eigenvalue weighted by atomic mass is 9.85. The van der Waals surface area contributed by atoms with Crippen molar-refractivity contribution in [3.63, 3.8) is 0 Å². The van der Waals surface area contributed by atoms with Crippen molar-refractivity contribution in [3.05, 3.63) is 76.7 Å². The highest BCUT2D eigenvalue weighted by atomic mass is 16.5. The number of ether oxygens (including phenoxy) is 1. The molecule has 200 valence electrons. The molecule has 2 saturated heterocycles. The maximum atomic E-state index is 13.5. The number of hydrogen-bond donors (Lipinski definition) is 1. The first-order valence-electron chi connectivity index (χ1n) is 13.3. The highest BCUT2D eigenvalue weighted by Crippen LogP contribution is 2.40. The van der Waals surface area contributed by atoms with Crippen LogP contribution in [0.1, 0.15) is 55.7 Å². The van der Waals surface area contributed by atoms with E-state index in [1.165, 1.54) is 0 Å². The number of rotatable bonds is 6. The van der Waals surface area contributed by atoms with Crippen LogP contribution in [0.5, 0.6) is 0 Å². The van der Waals surface area contributed by atoms with E-state index in [2.05, 4.69) is 30.7 Å². The Kier molecular flexibility index (Phi) is 7.11. The molecule has 2 aliphatic rings. The van der Waals surface area contributed by atoms with Crippen molar-refractivity contribution < 1.29 is 19.4 Å². The van der Waals surface area contributed by atoms with Crippen molar-refractivity contribution in [2.45, 2.75) is 45.6 Å². The van der Waals surface area contributed by atoms with Gasteiger partial charge in [-0.25, -0.2) is 4.98 Å². The minimum absolute atomic E-state index is 0.0356. The molecule has 2 fully saturated rings. The van der Waals surface area contributed by atoms with E-state index < -0.39 is 17.7 Å². The van der Waals surface area contributed by atoms with E-state index in [0.717, 1.165) is 37.2 Å². The predicted molar refractivity (Wildman–Crippen MR) is 146 cm³/mol. The Morgan fingerprint density at radius 2 is 1.76 bits per heavy atom. The van der Waals surface area contributed by atoms with Crippen molar-refractivity contribution in [3.8, 4) is 0 Å². The van der Waals surface area contributed by atoms with Crippen molar-refractivity contribution in [2.24, 2.45) is 0 Å². The fourth-order valence-corrected chi connectivity index (χ4v) is 5.44. The fourth-order valence-electron chi connectivity index (χ4n) is 5.44. The number of likely N-dealkylation sites (tertiary alicyclic amines) is 1. The zero-order valence-electron chi connectivity index (χ0n) is 22.6. The van der Waals surface area contributed by atoms with Gasteiger partial charge >= 0.3 is 0 Å². The molecule has 0 bridgehead atoms. The van der Waals surface area contributed by atoms with E-state index in [0.29, 0.717) is 36.8 Å². The molecule has 0 unspecified atom stereocenters. The second-order valence-corrected chi connectivity index (χ2v) is 11.1. The first-order valence-corrected chi connectivity index (χ1v) is 13.3. The first kappa shape index (κ1) is 26.1. The van der Waals surface area contributed by atoms with E-state index in [9.17, 15) is 14.7 Å². The van der Waals surface area contributed by atoms with Gasteiger partial charge in [-0.3, -0.25) is 18.9 Å². The summed E-state index contributed by atoms with van der Waals surface area (Å²) in [7, 11) is 0. The number of hydrogen-bond acceptors (Lipinski definition) is 6. The lowest BCUT2D eigenvalue weighted by Crippen LogP contribution is -2.39. The number of aromatic nitrogens is 2. The lowest BCUT2D eigenvalue weighted by Gasteiger charge is -2.29. The molecule has 0 spiro atoms. The van der Waals surface area contributed by atoms with Gasteiger partial charge in [-0.2, -0.15) is 0 Å². The van der Waals surface area contributed by atoms with Gasteiger partial charge in [0.2, 0.25) is 0 Å². The molecule has 2 aliphatic heterocycles. The Morgan fingerprint density at radius 1 is 1.05 bits per heavy atom. The molecule has 4 heterocycles. The number of aliphatic hydroxyl groups is 1. The van der Waals surface area contributed by atoms with E-state index >= 15 is 0 Å². The topological polar surface area (TPSA) is 87.4 Å². The van der Waals surface area contributed by atoms with Crippen LogP contribution in [0.4, 0.5) is 0 Å². The summed E-state index contributed by atoms with van der Waals surface area (Å²) >= 11 is 0. The van der Waals surface area contributed by atoms with Crippen molar-refractivity contribution in [1.29, 1.82) is 0 Å². The van der Waals surface area contributed by atoms with E-state index in [-0.39, 0.29) is 16.7 Å². The van der Waals surface area contributed by atoms with Crippen LogP contribution in [-0.4, -0.2) is 75.4 Å². The molecule has 1 aromatic carbocycles. The Morgan fingerprint density at radius 3 is 2.45 bits per heavy atom. The second-order valence-electron chi connectivity index (χ2n) is 11.1. The van der Waals surface area contributed by atoms with Gasteiger partial charge in [0.05, 0.1) is 30.5 Å². The number of pyridine rings is 1. The van der Waals surface area contributed by atoms with Crippen molar-refractivity contribution in [2.75, 3.05) is 39.4 Å². The summed E-state index contributed by atoms with van der Waals surface area (Å²) in [6.07, 6.45) is 2.52. The molecule has 2 aromatic heterocycles.